The number of nitrogens with zero attached hydrogens (tertiary/aromatic N) is 5. The van der Waals surface area contributed by atoms with Crippen molar-refractivity contribution < 1.29 is 34.2 Å². The van der Waals surface area contributed by atoms with Crippen LogP contribution in [-0.2, 0) is 26.5 Å². The van der Waals surface area contributed by atoms with E-state index in [0.717, 1.165) is 6.07 Å². The minimum Gasteiger partial charge on any atom is -0.314 e. The Balaban J connectivity index is 0.00000256. The van der Waals surface area contributed by atoms with E-state index < -0.39 is 23.3 Å². The molecule has 154 valence electrons. The molecule has 5 nitrogen and oxygen atoms in total. The second-order valence-corrected chi connectivity index (χ2v) is 6.82. The molecule has 0 saturated carbocycles. The Morgan fingerprint density at radius 1 is 0.933 bits per heavy atom. The zero-order valence-corrected chi connectivity index (χ0v) is 18.1. The van der Waals surface area contributed by atoms with Crippen LogP contribution in [0.25, 0.3) is 17.1 Å². The van der Waals surface area contributed by atoms with E-state index in [2.05, 4.69) is 32.2 Å². The summed E-state index contributed by atoms with van der Waals surface area (Å²) < 4.78 is 41.5. The zero-order chi connectivity index (χ0) is 20.6. The number of aromatic nitrogens is 5. The summed E-state index contributed by atoms with van der Waals surface area (Å²) in [6.07, 6.45) is 1.58. The summed E-state index contributed by atoms with van der Waals surface area (Å²) in [6, 6.07) is 15.9. The topological polar surface area (TPSA) is 56.5 Å². The number of pyridine rings is 3. The molecule has 0 aliphatic carbocycles. The summed E-state index contributed by atoms with van der Waals surface area (Å²) >= 11 is 0. The van der Waals surface area contributed by atoms with Gasteiger partial charge in [0.2, 0.25) is 0 Å². The Labute approximate surface area is 185 Å². The zero-order valence-electron chi connectivity index (χ0n) is 15.8. The molecule has 0 radical (unpaired) electrons. The van der Waals surface area contributed by atoms with Crippen LogP contribution in [0.1, 0.15) is 25.2 Å². The molecule has 4 aromatic rings. The molecule has 4 rings (SSSR count). The fraction of sp³-hybridized carbons (Fsp3) is 0.143. The maximum Gasteiger partial charge on any atom is 2.00 e. The second-order valence-electron chi connectivity index (χ2n) is 6.82. The Hall–Kier alpha value is -2.86. The Kier molecular flexibility index (Phi) is 6.17. The fourth-order valence-electron chi connectivity index (χ4n) is 2.87. The SMILES string of the molecule is CC(C)(c1cccc(-c2[c-]ccc(F)n2)n1)c1ccn(-c2[c-]c(F)nc(F)c2)n1.[Pt+2]. The first-order valence-corrected chi connectivity index (χ1v) is 8.67. The summed E-state index contributed by atoms with van der Waals surface area (Å²) in [4.78, 5) is 11.4. The Morgan fingerprint density at radius 3 is 2.47 bits per heavy atom. The van der Waals surface area contributed by atoms with Gasteiger partial charge in [0.25, 0.3) is 0 Å². The second kappa shape index (κ2) is 8.48. The molecule has 0 atom stereocenters. The number of hydrogen-bond donors (Lipinski definition) is 0. The molecule has 0 unspecified atom stereocenters. The molecule has 0 aromatic carbocycles. The molecule has 0 aliphatic heterocycles. The van der Waals surface area contributed by atoms with Crippen molar-refractivity contribution in [2.75, 3.05) is 0 Å². The molecule has 0 bridgehead atoms. The van der Waals surface area contributed by atoms with Crippen LogP contribution in [0, 0.1) is 30.0 Å². The molecular weight excluding hydrogens is 574 g/mol. The Morgan fingerprint density at radius 2 is 1.73 bits per heavy atom. The van der Waals surface area contributed by atoms with Gasteiger partial charge in [0, 0.05) is 17.3 Å². The van der Waals surface area contributed by atoms with Crippen LogP contribution in [-0.4, -0.2) is 24.7 Å². The van der Waals surface area contributed by atoms with Crippen LogP contribution in [0.15, 0.2) is 48.7 Å². The van der Waals surface area contributed by atoms with Crippen molar-refractivity contribution in [2.24, 2.45) is 0 Å². The van der Waals surface area contributed by atoms with Crippen molar-refractivity contribution >= 4 is 0 Å². The van der Waals surface area contributed by atoms with Crippen LogP contribution >= 0.6 is 0 Å². The van der Waals surface area contributed by atoms with Gasteiger partial charge >= 0.3 is 21.1 Å². The molecule has 9 heteroatoms. The van der Waals surface area contributed by atoms with E-state index in [9.17, 15) is 13.2 Å². The molecule has 4 aromatic heterocycles. The molecule has 0 fully saturated rings. The minimum absolute atomic E-state index is 0. The average molecular weight is 588 g/mol. The van der Waals surface area contributed by atoms with Gasteiger partial charge in [-0.15, -0.1) is 12.1 Å². The summed E-state index contributed by atoms with van der Waals surface area (Å²) in [7, 11) is 0. The van der Waals surface area contributed by atoms with Gasteiger partial charge in [0.05, 0.1) is 5.69 Å². The third-order valence-corrected chi connectivity index (χ3v) is 4.46. The summed E-state index contributed by atoms with van der Waals surface area (Å²) in [5, 5.41) is 4.43. The maximum absolute atomic E-state index is 13.4. The summed E-state index contributed by atoms with van der Waals surface area (Å²) in [6.45, 7) is 3.82. The van der Waals surface area contributed by atoms with Gasteiger partial charge in [-0.3, -0.25) is 9.67 Å². The molecule has 4 heterocycles. The van der Waals surface area contributed by atoms with E-state index >= 15 is 0 Å². The van der Waals surface area contributed by atoms with Crippen LogP contribution in [0.2, 0.25) is 0 Å². The van der Waals surface area contributed by atoms with Crippen molar-refractivity contribution in [3.8, 4) is 17.1 Å². The molecular formula is C21H14F3N5Pt. The number of rotatable bonds is 4. The smallest absolute Gasteiger partial charge is 0.314 e. The van der Waals surface area contributed by atoms with Crippen molar-refractivity contribution in [2.45, 2.75) is 19.3 Å². The average Bonchev–Trinajstić information content (AvgIpc) is 3.19. The van der Waals surface area contributed by atoms with E-state index in [4.69, 9.17) is 0 Å². The van der Waals surface area contributed by atoms with Crippen LogP contribution in [0.4, 0.5) is 13.2 Å². The van der Waals surface area contributed by atoms with Crippen LogP contribution < -0.4 is 0 Å². The minimum atomic E-state index is -1.05. The molecule has 0 N–H and O–H groups in total. The van der Waals surface area contributed by atoms with E-state index in [1.807, 2.05) is 19.9 Å². The summed E-state index contributed by atoms with van der Waals surface area (Å²) in [5.74, 6) is -2.62. The van der Waals surface area contributed by atoms with E-state index in [-0.39, 0.29) is 26.8 Å². The largest absolute Gasteiger partial charge is 2.00 e. The van der Waals surface area contributed by atoms with Gasteiger partial charge in [0.1, 0.15) is 11.9 Å². The van der Waals surface area contributed by atoms with E-state index in [1.54, 1.807) is 24.4 Å². The number of halogens is 3. The first-order valence-electron chi connectivity index (χ1n) is 8.67. The monoisotopic (exact) mass is 588 g/mol. The third-order valence-electron chi connectivity index (χ3n) is 4.46. The maximum atomic E-state index is 13.4. The molecule has 0 aliphatic rings. The van der Waals surface area contributed by atoms with Crippen molar-refractivity contribution in [1.29, 1.82) is 0 Å². The van der Waals surface area contributed by atoms with Crippen LogP contribution in [0.5, 0.6) is 0 Å². The Bertz CT molecular complexity index is 1170. The van der Waals surface area contributed by atoms with Gasteiger partial charge in [-0.1, -0.05) is 17.8 Å². The standard InChI is InChI=1S/C21H14F3N5.Pt/c1-21(2,16-7-3-5-14(25-16)15-6-4-8-18(22)26-15)17-9-10-29(28-17)13-11-19(23)27-20(24)12-13;/h3-5,7-11H,1-2H3;/q-2;+2. The molecule has 30 heavy (non-hydrogen) atoms. The predicted molar refractivity (Wildman–Crippen MR) is 98.5 cm³/mol. The van der Waals surface area contributed by atoms with Gasteiger partial charge in [-0.05, 0) is 37.4 Å². The molecule has 0 saturated heterocycles. The van der Waals surface area contributed by atoms with Gasteiger partial charge < -0.3 is 4.98 Å². The first kappa shape index (κ1) is 21.8. The summed E-state index contributed by atoms with van der Waals surface area (Å²) in [5.41, 5.74) is 1.49. The van der Waals surface area contributed by atoms with Crippen molar-refractivity contribution in [1.82, 2.24) is 24.7 Å². The quantitative estimate of drug-likeness (QED) is 0.267. The fourth-order valence-corrected chi connectivity index (χ4v) is 2.87. The molecule has 0 amide bonds. The van der Waals surface area contributed by atoms with Gasteiger partial charge in [0.15, 0.2) is 5.95 Å². The molecule has 0 spiro atoms. The predicted octanol–water partition coefficient (Wildman–Crippen LogP) is 4.07. The van der Waals surface area contributed by atoms with Crippen molar-refractivity contribution in [3.05, 3.63) is 90.0 Å². The van der Waals surface area contributed by atoms with Gasteiger partial charge in [-0.2, -0.15) is 23.3 Å². The van der Waals surface area contributed by atoms with E-state index in [0.29, 0.717) is 22.8 Å². The van der Waals surface area contributed by atoms with Crippen molar-refractivity contribution in [3.63, 3.8) is 0 Å². The number of hydrogen-bond acceptors (Lipinski definition) is 4. The first-order chi connectivity index (χ1) is 13.8. The van der Waals surface area contributed by atoms with Gasteiger partial charge in [-0.25, -0.2) is 18.2 Å². The normalized spacial score (nSPS) is 11.2. The third kappa shape index (κ3) is 4.33. The van der Waals surface area contributed by atoms with Crippen LogP contribution in [0.3, 0.4) is 0 Å². The van der Waals surface area contributed by atoms with E-state index in [1.165, 1.54) is 16.8 Å².